The van der Waals surface area contributed by atoms with Gasteiger partial charge < -0.3 is 15.2 Å². The summed E-state index contributed by atoms with van der Waals surface area (Å²) in [5, 5.41) is 14.5. The summed E-state index contributed by atoms with van der Waals surface area (Å²) in [7, 11) is 0. The maximum Gasteiger partial charge on any atom is 0.309 e. The van der Waals surface area contributed by atoms with Crippen LogP contribution in [0, 0.1) is 11.3 Å². The van der Waals surface area contributed by atoms with Gasteiger partial charge in [0.15, 0.2) is 0 Å². The number of nitrogens with zero attached hydrogens (tertiary/aromatic N) is 1. The lowest BCUT2D eigenvalue weighted by Crippen LogP contribution is -2.56. The van der Waals surface area contributed by atoms with Gasteiger partial charge >= 0.3 is 5.97 Å². The van der Waals surface area contributed by atoms with E-state index in [1.54, 1.807) is 0 Å². The maximum absolute atomic E-state index is 11.6. The number of nitrogens with one attached hydrogen (secondary N) is 1. The van der Waals surface area contributed by atoms with Gasteiger partial charge in [-0.3, -0.25) is 9.78 Å². The fourth-order valence-corrected chi connectivity index (χ4v) is 5.91. The predicted molar refractivity (Wildman–Crippen MR) is 121 cm³/mol. The molecule has 31 heavy (non-hydrogen) atoms. The minimum atomic E-state index is -0.599. The van der Waals surface area contributed by atoms with E-state index in [0.717, 1.165) is 86.2 Å². The molecule has 2 bridgehead atoms. The first-order valence-corrected chi connectivity index (χ1v) is 12.0. The van der Waals surface area contributed by atoms with Crippen LogP contribution in [0.4, 0.5) is 0 Å². The largest absolute Gasteiger partial charge is 0.490 e. The summed E-state index contributed by atoms with van der Waals surface area (Å²) in [6.07, 6.45) is 10.4. The fraction of sp³-hybridized carbons (Fsp3) is 0.615. The number of rotatable bonds is 6. The van der Waals surface area contributed by atoms with Crippen LogP contribution in [-0.2, 0) is 11.3 Å². The number of fused-ring (bicyclic) bond motifs is 4. The minimum absolute atomic E-state index is 0.0863. The molecule has 2 N–H and O–H groups in total. The van der Waals surface area contributed by atoms with Crippen molar-refractivity contribution in [3.05, 3.63) is 36.0 Å². The van der Waals surface area contributed by atoms with E-state index in [9.17, 15) is 9.90 Å². The van der Waals surface area contributed by atoms with E-state index in [0.29, 0.717) is 6.10 Å². The van der Waals surface area contributed by atoms with E-state index in [1.165, 1.54) is 12.8 Å². The van der Waals surface area contributed by atoms with E-state index < -0.39 is 11.4 Å². The van der Waals surface area contributed by atoms with Crippen LogP contribution in [-0.4, -0.2) is 27.7 Å². The maximum atomic E-state index is 11.6. The second-order valence-corrected chi connectivity index (χ2v) is 10.4. The van der Waals surface area contributed by atoms with Gasteiger partial charge in [0.25, 0.3) is 0 Å². The molecule has 0 atom stereocenters. The van der Waals surface area contributed by atoms with Crippen molar-refractivity contribution in [1.82, 2.24) is 10.3 Å². The Kier molecular flexibility index (Phi) is 5.41. The second-order valence-electron chi connectivity index (χ2n) is 10.4. The molecule has 0 radical (unpaired) electrons. The summed E-state index contributed by atoms with van der Waals surface area (Å²) >= 11 is 0. The van der Waals surface area contributed by atoms with Crippen molar-refractivity contribution in [2.24, 2.45) is 11.3 Å². The van der Waals surface area contributed by atoms with E-state index >= 15 is 0 Å². The Morgan fingerprint density at radius 1 is 1.06 bits per heavy atom. The minimum Gasteiger partial charge on any atom is -0.490 e. The van der Waals surface area contributed by atoms with Gasteiger partial charge in [-0.15, -0.1) is 0 Å². The molecule has 5 nitrogen and oxygen atoms in total. The van der Waals surface area contributed by atoms with Crippen molar-refractivity contribution < 1.29 is 14.6 Å². The highest BCUT2D eigenvalue weighted by atomic mass is 16.5. The topological polar surface area (TPSA) is 71.5 Å². The summed E-state index contributed by atoms with van der Waals surface area (Å²) in [5.41, 5.74) is 1.67. The normalized spacial score (nSPS) is 32.8. The molecule has 5 heteroatoms. The molecule has 1 heterocycles. The Labute approximate surface area is 184 Å². The molecule has 0 amide bonds. The van der Waals surface area contributed by atoms with E-state index in [4.69, 9.17) is 9.72 Å². The molecule has 6 rings (SSSR count). The van der Waals surface area contributed by atoms with Crippen LogP contribution >= 0.6 is 0 Å². The standard InChI is InChI=1S/C26H34N2O3/c1-18-2-6-21(7-3-18)31-22-8-9-23-19(16-22)4-5-20(28-23)17-27-26-13-10-25(11-14-26,12-15-26)24(29)30/h4-5,8-9,16,18,21,27H,2-3,6-7,10-15,17H2,1H3,(H,29,30). The van der Waals surface area contributed by atoms with Gasteiger partial charge in [-0.1, -0.05) is 13.0 Å². The number of carbonyl (C=O) groups is 1. The summed E-state index contributed by atoms with van der Waals surface area (Å²) < 4.78 is 6.24. The van der Waals surface area contributed by atoms with Crippen molar-refractivity contribution in [3.8, 4) is 5.75 Å². The third-order valence-corrected chi connectivity index (χ3v) is 8.33. The van der Waals surface area contributed by atoms with Crippen LogP contribution in [0.15, 0.2) is 30.3 Å². The van der Waals surface area contributed by atoms with E-state index in [2.05, 4.69) is 42.6 Å². The predicted octanol–water partition coefficient (Wildman–Crippen LogP) is 5.46. The number of carboxylic acid groups (broad SMARTS) is 1. The smallest absolute Gasteiger partial charge is 0.309 e. The summed E-state index contributed by atoms with van der Waals surface area (Å²) in [6.45, 7) is 3.06. The highest BCUT2D eigenvalue weighted by Gasteiger charge is 2.52. The molecule has 1 aromatic heterocycles. The van der Waals surface area contributed by atoms with Crippen LogP contribution in [0.1, 0.15) is 76.8 Å². The lowest BCUT2D eigenvalue weighted by Gasteiger charge is -2.51. The van der Waals surface area contributed by atoms with Gasteiger partial charge in [-0.05, 0) is 94.4 Å². The number of benzene rings is 1. The number of ether oxygens (including phenoxy) is 1. The monoisotopic (exact) mass is 422 g/mol. The fourth-order valence-electron chi connectivity index (χ4n) is 5.91. The molecular weight excluding hydrogens is 388 g/mol. The number of hydrogen-bond acceptors (Lipinski definition) is 4. The van der Waals surface area contributed by atoms with Crippen molar-refractivity contribution in [2.75, 3.05) is 0 Å². The number of hydrogen-bond donors (Lipinski definition) is 2. The molecule has 2 aromatic rings. The Hall–Kier alpha value is -2.14. The van der Waals surface area contributed by atoms with Gasteiger partial charge in [-0.25, -0.2) is 0 Å². The number of pyridine rings is 1. The number of aliphatic carboxylic acids is 1. The van der Waals surface area contributed by atoms with Crippen LogP contribution in [0.25, 0.3) is 10.9 Å². The van der Waals surface area contributed by atoms with Gasteiger partial charge in [0.1, 0.15) is 5.75 Å². The molecule has 4 fully saturated rings. The molecule has 4 aliphatic rings. The SMILES string of the molecule is CC1CCC(Oc2ccc3nc(CNC45CCC(C(=O)O)(CC4)CC5)ccc3c2)CC1. The summed E-state index contributed by atoms with van der Waals surface area (Å²) in [6, 6.07) is 10.5. The Morgan fingerprint density at radius 3 is 2.45 bits per heavy atom. The van der Waals surface area contributed by atoms with E-state index in [1.807, 2.05) is 0 Å². The molecular formula is C26H34N2O3. The first kappa shape index (κ1) is 20.7. The quantitative estimate of drug-likeness (QED) is 0.647. The van der Waals surface area contributed by atoms with Gasteiger partial charge in [0.05, 0.1) is 22.7 Å². The van der Waals surface area contributed by atoms with Crippen molar-refractivity contribution >= 4 is 16.9 Å². The molecule has 4 saturated carbocycles. The Morgan fingerprint density at radius 2 is 1.77 bits per heavy atom. The molecule has 0 saturated heterocycles. The molecule has 1 aromatic carbocycles. The molecule has 0 spiro atoms. The lowest BCUT2D eigenvalue weighted by molar-refractivity contribution is -0.156. The van der Waals surface area contributed by atoms with Crippen LogP contribution in [0.2, 0.25) is 0 Å². The Bertz CT molecular complexity index is 940. The second kappa shape index (κ2) is 8.09. The number of aromatic nitrogens is 1. The molecule has 166 valence electrons. The van der Waals surface area contributed by atoms with Crippen molar-refractivity contribution in [2.45, 2.75) is 89.3 Å². The zero-order valence-corrected chi connectivity index (χ0v) is 18.5. The lowest BCUT2D eigenvalue weighted by atomic mass is 9.57. The highest BCUT2D eigenvalue weighted by molar-refractivity contribution is 5.80. The van der Waals surface area contributed by atoms with Gasteiger partial charge in [0, 0.05) is 17.5 Å². The average molecular weight is 423 g/mol. The first-order chi connectivity index (χ1) is 15.0. The molecule has 4 aliphatic carbocycles. The molecule has 0 aliphatic heterocycles. The first-order valence-electron chi connectivity index (χ1n) is 12.0. The van der Waals surface area contributed by atoms with Gasteiger partial charge in [0.2, 0.25) is 0 Å². The summed E-state index contributed by atoms with van der Waals surface area (Å²) in [5.74, 6) is 1.18. The highest BCUT2D eigenvalue weighted by Crippen LogP contribution is 2.52. The van der Waals surface area contributed by atoms with Crippen molar-refractivity contribution in [1.29, 1.82) is 0 Å². The zero-order chi connectivity index (χ0) is 21.5. The van der Waals surface area contributed by atoms with Crippen molar-refractivity contribution in [3.63, 3.8) is 0 Å². The molecule has 0 unspecified atom stereocenters. The van der Waals surface area contributed by atoms with Crippen LogP contribution in [0.3, 0.4) is 0 Å². The zero-order valence-electron chi connectivity index (χ0n) is 18.5. The summed E-state index contributed by atoms with van der Waals surface area (Å²) in [4.78, 5) is 16.5. The van der Waals surface area contributed by atoms with E-state index in [-0.39, 0.29) is 5.54 Å². The third kappa shape index (κ3) is 4.17. The van der Waals surface area contributed by atoms with Crippen LogP contribution < -0.4 is 10.1 Å². The average Bonchev–Trinajstić information content (AvgIpc) is 2.80. The Balaban J connectivity index is 1.21. The third-order valence-electron chi connectivity index (χ3n) is 8.33. The number of carboxylic acids is 1. The van der Waals surface area contributed by atoms with Gasteiger partial charge in [-0.2, -0.15) is 0 Å². The van der Waals surface area contributed by atoms with Crippen LogP contribution in [0.5, 0.6) is 5.75 Å².